The molecule has 0 unspecified atom stereocenters. The summed E-state index contributed by atoms with van der Waals surface area (Å²) in [5.74, 6) is 0.903. The summed E-state index contributed by atoms with van der Waals surface area (Å²) in [6.45, 7) is 9.24. The van der Waals surface area contributed by atoms with Crippen LogP contribution in [-0.4, -0.2) is 38.4 Å². The van der Waals surface area contributed by atoms with Crippen molar-refractivity contribution in [3.8, 4) is 5.69 Å². The number of carbonyl (C=O) groups is 1. The number of aryl methyl sites for hydroxylation is 1. The van der Waals surface area contributed by atoms with Crippen molar-refractivity contribution in [2.75, 3.05) is 12.3 Å². The second-order valence-electron chi connectivity index (χ2n) is 6.60. The fourth-order valence-corrected chi connectivity index (χ4v) is 3.48. The van der Waals surface area contributed by atoms with E-state index < -0.39 is 0 Å². The second kappa shape index (κ2) is 10.3. The van der Waals surface area contributed by atoms with Crippen LogP contribution in [0.1, 0.15) is 50.7 Å². The Morgan fingerprint density at radius 3 is 2.85 bits per heavy atom. The lowest BCUT2D eigenvalue weighted by atomic mass is 9.99. The molecule has 1 amide bonds. The van der Waals surface area contributed by atoms with Crippen molar-refractivity contribution in [3.63, 3.8) is 0 Å². The van der Waals surface area contributed by atoms with Gasteiger partial charge in [0.25, 0.3) is 0 Å². The molecule has 1 aromatic carbocycles. The van der Waals surface area contributed by atoms with Crippen LogP contribution in [0.3, 0.4) is 0 Å². The number of thioether (sulfide) groups is 1. The van der Waals surface area contributed by atoms with E-state index in [0.29, 0.717) is 16.8 Å². The molecule has 0 bridgehead atoms. The summed E-state index contributed by atoms with van der Waals surface area (Å²) in [5, 5.41) is 15.6. The molecular weight excluding hydrogens is 346 g/mol. The first-order chi connectivity index (χ1) is 12.6. The smallest absolute Gasteiger partial charge is 0.230 e. The molecule has 0 aliphatic carbocycles. The molecule has 0 radical (unpaired) electrons. The molecule has 0 fully saturated rings. The van der Waals surface area contributed by atoms with Crippen molar-refractivity contribution in [1.82, 2.24) is 25.5 Å². The summed E-state index contributed by atoms with van der Waals surface area (Å²) in [4.78, 5) is 12.2. The molecule has 2 aromatic rings. The SMILES string of the molecule is CCCC[C@H](CC)CNC(=O)CSc1nnnn1-c1cccc(C)c1C. The first-order valence-electron chi connectivity index (χ1n) is 9.31. The molecule has 142 valence electrons. The molecule has 2 rings (SSSR count). The van der Waals surface area contributed by atoms with E-state index in [0.717, 1.165) is 24.2 Å². The zero-order chi connectivity index (χ0) is 18.9. The van der Waals surface area contributed by atoms with E-state index in [1.165, 1.54) is 36.6 Å². The monoisotopic (exact) mass is 375 g/mol. The lowest BCUT2D eigenvalue weighted by molar-refractivity contribution is -0.118. The van der Waals surface area contributed by atoms with Crippen LogP contribution in [-0.2, 0) is 4.79 Å². The summed E-state index contributed by atoms with van der Waals surface area (Å²) in [6.07, 6.45) is 4.68. The number of tetrazole rings is 1. The van der Waals surface area contributed by atoms with Crippen LogP contribution < -0.4 is 5.32 Å². The van der Waals surface area contributed by atoms with Gasteiger partial charge in [0, 0.05) is 6.54 Å². The summed E-state index contributed by atoms with van der Waals surface area (Å²) >= 11 is 1.36. The van der Waals surface area contributed by atoms with Crippen molar-refractivity contribution < 1.29 is 4.79 Å². The zero-order valence-electron chi connectivity index (χ0n) is 16.2. The molecule has 7 heteroatoms. The molecule has 0 aliphatic rings. The fourth-order valence-electron chi connectivity index (χ4n) is 2.77. The largest absolute Gasteiger partial charge is 0.355 e. The minimum Gasteiger partial charge on any atom is -0.355 e. The van der Waals surface area contributed by atoms with E-state index in [2.05, 4.69) is 54.6 Å². The van der Waals surface area contributed by atoms with Crippen LogP contribution in [0.2, 0.25) is 0 Å². The van der Waals surface area contributed by atoms with E-state index in [9.17, 15) is 4.79 Å². The summed E-state index contributed by atoms with van der Waals surface area (Å²) < 4.78 is 1.70. The van der Waals surface area contributed by atoms with Gasteiger partial charge in [-0.15, -0.1) is 5.10 Å². The summed E-state index contributed by atoms with van der Waals surface area (Å²) in [5.41, 5.74) is 3.26. The van der Waals surface area contributed by atoms with E-state index in [-0.39, 0.29) is 5.91 Å². The Hall–Kier alpha value is -1.89. The summed E-state index contributed by atoms with van der Waals surface area (Å²) in [7, 11) is 0. The molecule has 1 aromatic heterocycles. The van der Waals surface area contributed by atoms with Crippen molar-refractivity contribution in [1.29, 1.82) is 0 Å². The van der Waals surface area contributed by atoms with Crippen molar-refractivity contribution in [2.45, 2.75) is 58.5 Å². The maximum Gasteiger partial charge on any atom is 0.230 e. The number of nitrogens with zero attached hydrogens (tertiary/aromatic N) is 4. The number of rotatable bonds is 10. The Bertz CT molecular complexity index is 716. The zero-order valence-corrected chi connectivity index (χ0v) is 17.0. The first kappa shape index (κ1) is 20.4. The van der Waals surface area contributed by atoms with Crippen molar-refractivity contribution >= 4 is 17.7 Å². The van der Waals surface area contributed by atoms with Crippen LogP contribution in [0.5, 0.6) is 0 Å². The van der Waals surface area contributed by atoms with Crippen LogP contribution in [0.4, 0.5) is 0 Å². The Balaban J connectivity index is 1.91. The molecule has 6 nitrogen and oxygen atoms in total. The first-order valence-corrected chi connectivity index (χ1v) is 10.3. The van der Waals surface area contributed by atoms with Crippen molar-refractivity contribution in [2.24, 2.45) is 5.92 Å². The highest BCUT2D eigenvalue weighted by molar-refractivity contribution is 7.99. The van der Waals surface area contributed by atoms with Crippen LogP contribution in [0.15, 0.2) is 23.4 Å². The van der Waals surface area contributed by atoms with Crippen LogP contribution in [0.25, 0.3) is 5.69 Å². The molecule has 1 atom stereocenters. The lowest BCUT2D eigenvalue weighted by Crippen LogP contribution is -2.30. The van der Waals surface area contributed by atoms with E-state index in [1.54, 1.807) is 4.68 Å². The van der Waals surface area contributed by atoms with Gasteiger partial charge in [-0.3, -0.25) is 4.79 Å². The third kappa shape index (κ3) is 5.56. The minimum absolute atomic E-state index is 0.0282. The molecule has 1 heterocycles. The third-order valence-corrected chi connectivity index (χ3v) is 5.63. The predicted octanol–water partition coefficient (Wildman–Crippen LogP) is 3.70. The molecule has 0 spiro atoms. The van der Waals surface area contributed by atoms with Gasteiger partial charge >= 0.3 is 0 Å². The average Bonchev–Trinajstić information content (AvgIpc) is 3.10. The number of carbonyl (C=O) groups excluding carboxylic acids is 1. The number of hydrogen-bond donors (Lipinski definition) is 1. The number of benzene rings is 1. The van der Waals surface area contributed by atoms with Gasteiger partial charge in [0.05, 0.1) is 11.4 Å². The third-order valence-electron chi connectivity index (χ3n) is 4.71. The molecule has 1 N–H and O–H groups in total. The number of amides is 1. The second-order valence-corrected chi connectivity index (χ2v) is 7.54. The van der Waals surface area contributed by atoms with Gasteiger partial charge in [0.2, 0.25) is 11.1 Å². The molecule has 0 saturated carbocycles. The number of hydrogen-bond acceptors (Lipinski definition) is 5. The molecule has 0 saturated heterocycles. The van der Waals surface area contributed by atoms with Gasteiger partial charge in [-0.1, -0.05) is 57.0 Å². The van der Waals surface area contributed by atoms with Gasteiger partial charge in [-0.2, -0.15) is 4.68 Å². The molecule has 26 heavy (non-hydrogen) atoms. The van der Waals surface area contributed by atoms with E-state index in [1.807, 2.05) is 12.1 Å². The van der Waals surface area contributed by atoms with E-state index in [4.69, 9.17) is 0 Å². The fraction of sp³-hybridized carbons (Fsp3) is 0.579. The van der Waals surface area contributed by atoms with Gasteiger partial charge in [0.1, 0.15) is 0 Å². The predicted molar refractivity (Wildman–Crippen MR) is 106 cm³/mol. The quantitative estimate of drug-likeness (QED) is 0.641. The van der Waals surface area contributed by atoms with Crippen molar-refractivity contribution in [3.05, 3.63) is 29.3 Å². The average molecular weight is 376 g/mol. The highest BCUT2D eigenvalue weighted by atomic mass is 32.2. The van der Waals surface area contributed by atoms with Gasteiger partial charge < -0.3 is 5.32 Å². The number of unbranched alkanes of at least 4 members (excludes halogenated alkanes) is 1. The standard InChI is InChI=1S/C19H29N5OS/c1-5-7-10-16(6-2)12-20-18(25)13-26-19-21-22-23-24(19)17-11-8-9-14(3)15(17)4/h8-9,11,16H,5-7,10,12-13H2,1-4H3,(H,20,25)/t16-/m0/s1. The maximum absolute atomic E-state index is 12.2. The highest BCUT2D eigenvalue weighted by Gasteiger charge is 2.14. The normalized spacial score (nSPS) is 12.2. The lowest BCUT2D eigenvalue weighted by Gasteiger charge is -2.15. The van der Waals surface area contributed by atoms with Crippen LogP contribution in [0, 0.1) is 19.8 Å². The Labute approximate surface area is 160 Å². The van der Waals surface area contributed by atoms with Gasteiger partial charge in [-0.05, 0) is 53.8 Å². The van der Waals surface area contributed by atoms with Gasteiger partial charge in [-0.25, -0.2) is 0 Å². The minimum atomic E-state index is 0.0282. The Kier molecular flexibility index (Phi) is 8.09. The molecule has 0 aliphatic heterocycles. The van der Waals surface area contributed by atoms with E-state index >= 15 is 0 Å². The van der Waals surface area contributed by atoms with Crippen LogP contribution >= 0.6 is 11.8 Å². The maximum atomic E-state index is 12.2. The van der Waals surface area contributed by atoms with Gasteiger partial charge in [0.15, 0.2) is 0 Å². The number of nitrogens with one attached hydrogen (secondary N) is 1. The summed E-state index contributed by atoms with van der Waals surface area (Å²) in [6, 6.07) is 6.04. The Morgan fingerprint density at radius 1 is 1.31 bits per heavy atom. The Morgan fingerprint density at radius 2 is 2.12 bits per heavy atom. The topological polar surface area (TPSA) is 72.7 Å². The number of aromatic nitrogens is 4. The highest BCUT2D eigenvalue weighted by Crippen LogP contribution is 2.22. The molecular formula is C19H29N5OS.